The Kier molecular flexibility index (Phi) is 4.23. The Morgan fingerprint density at radius 1 is 1.19 bits per heavy atom. The highest BCUT2D eigenvalue weighted by atomic mass is 16.5. The molecule has 0 saturated heterocycles. The number of ether oxygens (including phenoxy) is 1. The maximum atomic E-state index is 12.1. The highest BCUT2D eigenvalue weighted by Gasteiger charge is 2.32. The minimum absolute atomic E-state index is 0.143. The SMILES string of the molecule is COC(=O)C1=C2CCCC[C@H]2[C@@H](c2ccccc2)C=CC1. The molecule has 0 bridgehead atoms. The van der Waals surface area contributed by atoms with E-state index in [1.165, 1.54) is 37.5 Å². The summed E-state index contributed by atoms with van der Waals surface area (Å²) in [7, 11) is 1.48. The molecule has 1 aromatic carbocycles. The van der Waals surface area contributed by atoms with E-state index >= 15 is 0 Å². The van der Waals surface area contributed by atoms with Gasteiger partial charge in [0.1, 0.15) is 0 Å². The van der Waals surface area contributed by atoms with Gasteiger partial charge >= 0.3 is 5.97 Å². The molecule has 2 aliphatic rings. The van der Waals surface area contributed by atoms with Crippen molar-refractivity contribution in [2.75, 3.05) is 7.11 Å². The van der Waals surface area contributed by atoms with Crippen molar-refractivity contribution < 1.29 is 9.53 Å². The summed E-state index contributed by atoms with van der Waals surface area (Å²) in [5.41, 5.74) is 3.59. The summed E-state index contributed by atoms with van der Waals surface area (Å²) in [6, 6.07) is 10.7. The van der Waals surface area contributed by atoms with E-state index in [1.54, 1.807) is 0 Å². The number of carbonyl (C=O) groups excluding carboxylic acids is 1. The quantitative estimate of drug-likeness (QED) is 0.594. The lowest BCUT2D eigenvalue weighted by Crippen LogP contribution is -2.20. The fraction of sp³-hybridized carbons (Fsp3) is 0.421. The van der Waals surface area contributed by atoms with Crippen molar-refractivity contribution in [1.82, 2.24) is 0 Å². The highest BCUT2D eigenvalue weighted by molar-refractivity contribution is 5.90. The van der Waals surface area contributed by atoms with Gasteiger partial charge in [-0.2, -0.15) is 0 Å². The Morgan fingerprint density at radius 2 is 2.00 bits per heavy atom. The topological polar surface area (TPSA) is 26.3 Å². The lowest BCUT2D eigenvalue weighted by atomic mass is 9.73. The minimum atomic E-state index is -0.143. The van der Waals surface area contributed by atoms with Crippen LogP contribution in [0.3, 0.4) is 0 Å². The molecule has 2 atom stereocenters. The zero-order valence-electron chi connectivity index (χ0n) is 12.5. The van der Waals surface area contributed by atoms with Crippen molar-refractivity contribution in [2.24, 2.45) is 5.92 Å². The average Bonchev–Trinajstić information content (AvgIpc) is 2.74. The molecule has 0 heterocycles. The second kappa shape index (κ2) is 6.30. The lowest BCUT2D eigenvalue weighted by Gasteiger charge is -2.31. The molecule has 0 unspecified atom stereocenters. The molecule has 0 radical (unpaired) electrons. The molecule has 2 nitrogen and oxygen atoms in total. The Balaban J connectivity index is 2.02. The third-order valence-corrected chi connectivity index (χ3v) is 4.76. The summed E-state index contributed by atoms with van der Waals surface area (Å²) >= 11 is 0. The Hall–Kier alpha value is -1.83. The third-order valence-electron chi connectivity index (χ3n) is 4.76. The predicted octanol–water partition coefficient (Wildman–Crippen LogP) is 4.39. The standard InChI is InChI=1S/C19H22O2/c1-21-19(20)18-13-7-12-15(14-8-3-2-4-9-14)16-10-5-6-11-17(16)18/h2-4,7-9,12,15-16H,5-6,10-11,13H2,1H3/t15-,16+/m1/s1. The fourth-order valence-electron chi connectivity index (χ4n) is 3.76. The highest BCUT2D eigenvalue weighted by Crippen LogP contribution is 2.44. The first-order valence-electron chi connectivity index (χ1n) is 7.83. The van der Waals surface area contributed by atoms with Crippen LogP contribution < -0.4 is 0 Å². The van der Waals surface area contributed by atoms with E-state index in [-0.39, 0.29) is 5.97 Å². The molecular formula is C19H22O2. The van der Waals surface area contributed by atoms with Gasteiger partial charge < -0.3 is 4.74 Å². The number of allylic oxidation sites excluding steroid dienone is 3. The average molecular weight is 282 g/mol. The van der Waals surface area contributed by atoms with E-state index in [1.807, 2.05) is 0 Å². The van der Waals surface area contributed by atoms with E-state index in [0.29, 0.717) is 18.3 Å². The molecule has 1 aromatic rings. The molecule has 2 aliphatic carbocycles. The predicted molar refractivity (Wildman–Crippen MR) is 83.9 cm³/mol. The maximum Gasteiger partial charge on any atom is 0.334 e. The van der Waals surface area contributed by atoms with Crippen LogP contribution in [0, 0.1) is 5.92 Å². The molecule has 1 fully saturated rings. The molecule has 0 amide bonds. The summed E-state index contributed by atoms with van der Waals surface area (Å²) < 4.78 is 5.00. The van der Waals surface area contributed by atoms with Gasteiger partial charge in [-0.05, 0) is 37.2 Å². The van der Waals surface area contributed by atoms with Gasteiger partial charge in [-0.1, -0.05) is 54.5 Å². The fourth-order valence-corrected chi connectivity index (χ4v) is 3.76. The number of methoxy groups -OCH3 is 1. The van der Waals surface area contributed by atoms with E-state index in [4.69, 9.17) is 4.74 Å². The van der Waals surface area contributed by atoms with E-state index in [0.717, 1.165) is 12.0 Å². The maximum absolute atomic E-state index is 12.1. The number of hydrogen-bond acceptors (Lipinski definition) is 2. The van der Waals surface area contributed by atoms with E-state index in [9.17, 15) is 4.79 Å². The van der Waals surface area contributed by atoms with Gasteiger partial charge in [-0.25, -0.2) is 4.79 Å². The number of hydrogen-bond donors (Lipinski definition) is 0. The van der Waals surface area contributed by atoms with Crippen molar-refractivity contribution in [3.05, 3.63) is 59.2 Å². The number of benzene rings is 1. The van der Waals surface area contributed by atoms with E-state index < -0.39 is 0 Å². The molecule has 21 heavy (non-hydrogen) atoms. The summed E-state index contributed by atoms with van der Waals surface area (Å²) in [6.07, 6.45) is 9.80. The number of fused-ring (bicyclic) bond motifs is 1. The van der Waals surface area contributed by atoms with Crippen LogP contribution in [0.4, 0.5) is 0 Å². The van der Waals surface area contributed by atoms with E-state index in [2.05, 4.69) is 42.5 Å². The van der Waals surface area contributed by atoms with Crippen molar-refractivity contribution >= 4 is 5.97 Å². The zero-order chi connectivity index (χ0) is 14.7. The first-order valence-corrected chi connectivity index (χ1v) is 7.83. The van der Waals surface area contributed by atoms with Crippen molar-refractivity contribution in [1.29, 1.82) is 0 Å². The molecule has 3 rings (SSSR count). The number of carbonyl (C=O) groups is 1. The van der Waals surface area contributed by atoms with Gasteiger partial charge in [0.2, 0.25) is 0 Å². The minimum Gasteiger partial charge on any atom is -0.466 e. The van der Waals surface area contributed by atoms with Crippen molar-refractivity contribution in [3.63, 3.8) is 0 Å². The summed E-state index contributed by atoms with van der Waals surface area (Å²) in [5.74, 6) is 0.702. The van der Waals surface area contributed by atoms with Gasteiger partial charge in [0, 0.05) is 11.5 Å². The molecule has 1 saturated carbocycles. The third kappa shape index (κ3) is 2.80. The molecule has 2 heteroatoms. The first kappa shape index (κ1) is 14.1. The molecule has 0 aliphatic heterocycles. The number of esters is 1. The number of rotatable bonds is 2. The van der Waals surface area contributed by atoms with Gasteiger partial charge in [0.25, 0.3) is 0 Å². The van der Waals surface area contributed by atoms with Crippen LogP contribution in [0.25, 0.3) is 0 Å². The van der Waals surface area contributed by atoms with Crippen LogP contribution in [-0.2, 0) is 9.53 Å². The van der Waals surface area contributed by atoms with Crippen LogP contribution >= 0.6 is 0 Å². The normalized spacial score (nSPS) is 25.2. The van der Waals surface area contributed by atoms with Crippen LogP contribution in [0.1, 0.15) is 43.6 Å². The monoisotopic (exact) mass is 282 g/mol. The van der Waals surface area contributed by atoms with Crippen LogP contribution in [0.15, 0.2) is 53.6 Å². The summed E-state index contributed by atoms with van der Waals surface area (Å²) in [5, 5.41) is 0. The van der Waals surface area contributed by atoms with Crippen molar-refractivity contribution in [3.8, 4) is 0 Å². The second-order valence-corrected chi connectivity index (χ2v) is 5.92. The van der Waals surface area contributed by atoms with Gasteiger partial charge in [0.15, 0.2) is 0 Å². The zero-order valence-corrected chi connectivity index (χ0v) is 12.5. The van der Waals surface area contributed by atoms with Crippen LogP contribution in [0.2, 0.25) is 0 Å². The molecular weight excluding hydrogens is 260 g/mol. The van der Waals surface area contributed by atoms with Gasteiger partial charge in [-0.15, -0.1) is 0 Å². The Bertz CT molecular complexity index is 568. The second-order valence-electron chi connectivity index (χ2n) is 5.92. The van der Waals surface area contributed by atoms with Crippen LogP contribution in [-0.4, -0.2) is 13.1 Å². The molecule has 110 valence electrons. The molecule has 0 N–H and O–H groups in total. The first-order chi connectivity index (χ1) is 10.3. The van der Waals surface area contributed by atoms with Gasteiger partial charge in [-0.3, -0.25) is 0 Å². The largest absolute Gasteiger partial charge is 0.466 e. The Labute approximate surface area is 126 Å². The Morgan fingerprint density at radius 3 is 2.76 bits per heavy atom. The van der Waals surface area contributed by atoms with Crippen molar-refractivity contribution in [2.45, 2.75) is 38.0 Å². The smallest absolute Gasteiger partial charge is 0.334 e. The summed E-state index contributed by atoms with van der Waals surface area (Å²) in [6.45, 7) is 0. The van der Waals surface area contributed by atoms with Crippen LogP contribution in [0.5, 0.6) is 0 Å². The summed E-state index contributed by atoms with van der Waals surface area (Å²) in [4.78, 5) is 12.1. The van der Waals surface area contributed by atoms with Gasteiger partial charge in [0.05, 0.1) is 7.11 Å². The molecule has 0 spiro atoms. The lowest BCUT2D eigenvalue weighted by molar-refractivity contribution is -0.136. The molecule has 0 aromatic heterocycles.